The molecule has 0 aliphatic heterocycles. The highest BCUT2D eigenvalue weighted by Crippen LogP contribution is 2.16. The van der Waals surface area contributed by atoms with E-state index in [1.807, 2.05) is 51.2 Å². The van der Waals surface area contributed by atoms with E-state index in [0.717, 1.165) is 35.2 Å². The molecule has 0 radical (unpaired) electrons. The van der Waals surface area contributed by atoms with Crippen molar-refractivity contribution in [2.24, 2.45) is 4.99 Å². The van der Waals surface area contributed by atoms with Crippen molar-refractivity contribution in [3.63, 3.8) is 0 Å². The van der Waals surface area contributed by atoms with Crippen LogP contribution < -0.4 is 10.6 Å². The Morgan fingerprint density at radius 2 is 1.96 bits per heavy atom. The third kappa shape index (κ3) is 7.31. The van der Waals surface area contributed by atoms with E-state index in [4.69, 9.17) is 0 Å². The average Bonchev–Trinajstić information content (AvgIpc) is 3.00. The van der Waals surface area contributed by atoms with Crippen molar-refractivity contribution in [3.05, 3.63) is 51.5 Å². The molecular formula is C21H31N5OS. The largest absolute Gasteiger partial charge is 0.357 e. The maximum atomic E-state index is 12.3. The summed E-state index contributed by atoms with van der Waals surface area (Å²) in [4.78, 5) is 24.5. The monoisotopic (exact) mass is 401 g/mol. The second-order valence-electron chi connectivity index (χ2n) is 6.67. The van der Waals surface area contributed by atoms with Crippen LogP contribution in [0.2, 0.25) is 0 Å². The number of amides is 1. The molecule has 2 N–H and O–H groups in total. The molecule has 0 atom stereocenters. The highest BCUT2D eigenvalue weighted by Gasteiger charge is 2.09. The number of nitrogens with zero attached hydrogens (tertiary/aromatic N) is 3. The van der Waals surface area contributed by atoms with Crippen LogP contribution in [0.25, 0.3) is 0 Å². The Kier molecular flexibility index (Phi) is 8.94. The van der Waals surface area contributed by atoms with E-state index in [0.29, 0.717) is 26.1 Å². The Labute approximate surface area is 172 Å². The molecule has 2 aromatic rings. The summed E-state index contributed by atoms with van der Waals surface area (Å²) in [6.45, 7) is 8.79. The molecular weight excluding hydrogens is 370 g/mol. The van der Waals surface area contributed by atoms with Gasteiger partial charge in [-0.3, -0.25) is 9.79 Å². The van der Waals surface area contributed by atoms with Crippen molar-refractivity contribution in [1.29, 1.82) is 0 Å². The molecule has 0 bridgehead atoms. The Bertz CT molecular complexity index is 753. The van der Waals surface area contributed by atoms with Gasteiger partial charge in [-0.15, -0.1) is 11.3 Å². The topological polar surface area (TPSA) is 69.6 Å². The zero-order valence-electron chi connectivity index (χ0n) is 17.3. The SMILES string of the molecule is CCNC(=NCCc1nc(C)c(C)s1)NCCC(=O)N(C)Cc1ccccc1. The molecule has 1 amide bonds. The van der Waals surface area contributed by atoms with Crippen LogP contribution in [0.15, 0.2) is 35.3 Å². The molecule has 0 aliphatic carbocycles. The molecule has 1 aromatic heterocycles. The lowest BCUT2D eigenvalue weighted by Crippen LogP contribution is -2.39. The Morgan fingerprint density at radius 1 is 1.21 bits per heavy atom. The fourth-order valence-electron chi connectivity index (χ4n) is 2.68. The number of carbonyl (C=O) groups is 1. The van der Waals surface area contributed by atoms with E-state index in [9.17, 15) is 4.79 Å². The highest BCUT2D eigenvalue weighted by atomic mass is 32.1. The quantitative estimate of drug-likeness (QED) is 0.501. The average molecular weight is 402 g/mol. The molecule has 6 nitrogen and oxygen atoms in total. The van der Waals surface area contributed by atoms with Gasteiger partial charge in [0.15, 0.2) is 5.96 Å². The number of hydrogen-bond acceptors (Lipinski definition) is 4. The van der Waals surface area contributed by atoms with E-state index < -0.39 is 0 Å². The normalized spacial score (nSPS) is 11.4. The number of rotatable bonds is 9. The van der Waals surface area contributed by atoms with Gasteiger partial charge in [0.2, 0.25) is 5.91 Å². The standard InChI is InChI=1S/C21H31N5OS/c1-5-22-21(23-13-11-19-25-16(2)17(3)28-19)24-14-12-20(27)26(4)15-18-9-7-6-8-10-18/h6-10H,5,11-15H2,1-4H3,(H2,22,23,24). The zero-order chi connectivity index (χ0) is 20.4. The Balaban J connectivity index is 1.75. The summed E-state index contributed by atoms with van der Waals surface area (Å²) in [6, 6.07) is 10.0. The first-order valence-corrected chi connectivity index (χ1v) is 10.5. The number of guanidine groups is 1. The van der Waals surface area contributed by atoms with Gasteiger partial charge >= 0.3 is 0 Å². The Hall–Kier alpha value is -2.41. The molecule has 0 saturated heterocycles. The van der Waals surface area contributed by atoms with Crippen LogP contribution in [0.3, 0.4) is 0 Å². The first-order valence-electron chi connectivity index (χ1n) is 9.72. The molecule has 7 heteroatoms. The molecule has 0 spiro atoms. The van der Waals surface area contributed by atoms with Crippen LogP contribution >= 0.6 is 11.3 Å². The van der Waals surface area contributed by atoms with Crippen molar-refractivity contribution in [2.45, 2.75) is 40.2 Å². The maximum Gasteiger partial charge on any atom is 0.224 e. The van der Waals surface area contributed by atoms with Crippen molar-refractivity contribution < 1.29 is 4.79 Å². The lowest BCUT2D eigenvalue weighted by molar-refractivity contribution is -0.130. The minimum atomic E-state index is 0.112. The summed E-state index contributed by atoms with van der Waals surface area (Å²) in [5.41, 5.74) is 2.24. The number of aromatic nitrogens is 1. The third-order valence-corrected chi connectivity index (χ3v) is 5.46. The summed E-state index contributed by atoms with van der Waals surface area (Å²) in [5, 5.41) is 7.59. The van der Waals surface area contributed by atoms with Crippen molar-refractivity contribution in [1.82, 2.24) is 20.5 Å². The van der Waals surface area contributed by atoms with Crippen LogP contribution in [-0.4, -0.2) is 48.4 Å². The van der Waals surface area contributed by atoms with E-state index in [1.165, 1.54) is 4.88 Å². The van der Waals surface area contributed by atoms with Gasteiger partial charge in [0.25, 0.3) is 0 Å². The van der Waals surface area contributed by atoms with Gasteiger partial charge in [-0.25, -0.2) is 4.98 Å². The molecule has 0 unspecified atom stereocenters. The van der Waals surface area contributed by atoms with Gasteiger partial charge in [0.05, 0.1) is 10.7 Å². The van der Waals surface area contributed by atoms with Gasteiger partial charge in [-0.2, -0.15) is 0 Å². The molecule has 0 aliphatic rings. The number of aliphatic imine (C=N–C) groups is 1. The molecule has 0 fully saturated rings. The summed E-state index contributed by atoms with van der Waals surface area (Å²) < 4.78 is 0. The Morgan fingerprint density at radius 3 is 2.61 bits per heavy atom. The van der Waals surface area contributed by atoms with E-state index in [2.05, 4.69) is 27.5 Å². The van der Waals surface area contributed by atoms with Gasteiger partial charge in [0, 0.05) is 50.9 Å². The minimum absolute atomic E-state index is 0.112. The lowest BCUT2D eigenvalue weighted by atomic mass is 10.2. The second kappa shape index (κ2) is 11.4. The van der Waals surface area contributed by atoms with E-state index in [-0.39, 0.29) is 5.91 Å². The molecule has 28 heavy (non-hydrogen) atoms. The van der Waals surface area contributed by atoms with E-state index >= 15 is 0 Å². The summed E-state index contributed by atoms with van der Waals surface area (Å²) in [6.07, 6.45) is 1.26. The van der Waals surface area contributed by atoms with Gasteiger partial charge < -0.3 is 15.5 Å². The first kappa shape index (κ1) is 21.9. The predicted molar refractivity (Wildman–Crippen MR) is 117 cm³/mol. The molecule has 1 aromatic carbocycles. The lowest BCUT2D eigenvalue weighted by Gasteiger charge is -2.18. The summed E-state index contributed by atoms with van der Waals surface area (Å²) >= 11 is 1.73. The van der Waals surface area contributed by atoms with Crippen LogP contribution in [0, 0.1) is 13.8 Å². The summed E-state index contributed by atoms with van der Waals surface area (Å²) in [7, 11) is 1.84. The number of benzene rings is 1. The van der Waals surface area contributed by atoms with Gasteiger partial charge in [-0.05, 0) is 26.3 Å². The number of hydrogen-bond donors (Lipinski definition) is 2. The number of thiazole rings is 1. The van der Waals surface area contributed by atoms with Crippen molar-refractivity contribution >= 4 is 23.2 Å². The third-order valence-electron chi connectivity index (χ3n) is 4.33. The zero-order valence-corrected chi connectivity index (χ0v) is 18.1. The minimum Gasteiger partial charge on any atom is -0.357 e. The second-order valence-corrected chi connectivity index (χ2v) is 7.96. The number of carbonyl (C=O) groups excluding carboxylic acids is 1. The molecule has 152 valence electrons. The maximum absolute atomic E-state index is 12.3. The molecule has 1 heterocycles. The van der Waals surface area contributed by atoms with Gasteiger partial charge in [0.1, 0.15) is 0 Å². The van der Waals surface area contributed by atoms with Crippen LogP contribution in [0.4, 0.5) is 0 Å². The highest BCUT2D eigenvalue weighted by molar-refractivity contribution is 7.11. The number of aryl methyl sites for hydroxylation is 2. The van der Waals surface area contributed by atoms with Crippen molar-refractivity contribution in [2.75, 3.05) is 26.7 Å². The van der Waals surface area contributed by atoms with Crippen LogP contribution in [0.1, 0.15) is 34.5 Å². The first-order chi connectivity index (χ1) is 13.5. The smallest absolute Gasteiger partial charge is 0.224 e. The van der Waals surface area contributed by atoms with Crippen LogP contribution in [-0.2, 0) is 17.8 Å². The predicted octanol–water partition coefficient (Wildman–Crippen LogP) is 2.91. The van der Waals surface area contributed by atoms with Gasteiger partial charge in [-0.1, -0.05) is 30.3 Å². The number of nitrogens with one attached hydrogen (secondary N) is 2. The van der Waals surface area contributed by atoms with E-state index in [1.54, 1.807) is 16.2 Å². The molecule has 0 saturated carbocycles. The van der Waals surface area contributed by atoms with Crippen molar-refractivity contribution in [3.8, 4) is 0 Å². The summed E-state index contributed by atoms with van der Waals surface area (Å²) in [5.74, 6) is 0.854. The van der Waals surface area contributed by atoms with Crippen LogP contribution in [0.5, 0.6) is 0 Å². The fourth-order valence-corrected chi connectivity index (χ4v) is 3.60. The molecule has 2 rings (SSSR count). The fraction of sp³-hybridized carbons (Fsp3) is 0.476.